The summed E-state index contributed by atoms with van der Waals surface area (Å²) >= 11 is 0. The Labute approximate surface area is 169 Å². The predicted molar refractivity (Wildman–Crippen MR) is 105 cm³/mol. The minimum Gasteiger partial charge on any atom is -0.379 e. The topological polar surface area (TPSA) is 83.8 Å². The van der Waals surface area contributed by atoms with Crippen LogP contribution in [0, 0.1) is 0 Å². The van der Waals surface area contributed by atoms with E-state index in [-0.39, 0.29) is 30.4 Å². The first-order valence-corrected chi connectivity index (χ1v) is 10.4. The summed E-state index contributed by atoms with van der Waals surface area (Å²) < 4.78 is 5.39. The minimum atomic E-state index is -0.0235. The van der Waals surface area contributed by atoms with Crippen molar-refractivity contribution < 1.29 is 14.3 Å². The number of fused-ring (bicyclic) bond motifs is 2. The highest BCUT2D eigenvalue weighted by Crippen LogP contribution is 2.32. The fourth-order valence-electron chi connectivity index (χ4n) is 4.79. The zero-order chi connectivity index (χ0) is 19.8. The molecule has 3 saturated heterocycles. The molecule has 1 aromatic carbocycles. The molecule has 0 radical (unpaired) electrons. The molecular weight excluding hydrogens is 372 g/mol. The van der Waals surface area contributed by atoms with Gasteiger partial charge in [0.25, 0.3) is 0 Å². The maximum Gasteiger partial charge on any atom is 0.246 e. The number of amides is 2. The van der Waals surface area contributed by atoms with Crippen LogP contribution >= 0.6 is 0 Å². The van der Waals surface area contributed by atoms with Crippen LogP contribution in [-0.4, -0.2) is 99.5 Å². The summed E-state index contributed by atoms with van der Waals surface area (Å²) in [5, 5.41) is 8.77. The van der Waals surface area contributed by atoms with Crippen LogP contribution in [0.3, 0.4) is 0 Å². The molecule has 154 valence electrons. The van der Waals surface area contributed by atoms with Gasteiger partial charge in [0.2, 0.25) is 11.8 Å². The van der Waals surface area contributed by atoms with Crippen LogP contribution in [0.4, 0.5) is 0 Å². The predicted octanol–water partition coefficient (Wildman–Crippen LogP) is -0.0347. The van der Waals surface area contributed by atoms with E-state index < -0.39 is 0 Å². The summed E-state index contributed by atoms with van der Waals surface area (Å²) in [6.07, 6.45) is 1.27. The maximum absolute atomic E-state index is 12.9. The van der Waals surface area contributed by atoms with Crippen LogP contribution in [0.25, 0.3) is 11.0 Å². The third kappa shape index (κ3) is 3.60. The molecule has 2 atom stereocenters. The van der Waals surface area contributed by atoms with Crippen molar-refractivity contribution in [3.8, 4) is 0 Å². The number of nitrogens with zero attached hydrogens (tertiary/aromatic N) is 6. The Bertz CT molecular complexity index is 876. The number of ether oxygens (including phenoxy) is 1. The molecule has 29 heavy (non-hydrogen) atoms. The highest BCUT2D eigenvalue weighted by Gasteiger charge is 2.48. The molecule has 0 saturated carbocycles. The molecule has 0 spiro atoms. The van der Waals surface area contributed by atoms with E-state index in [9.17, 15) is 9.59 Å². The van der Waals surface area contributed by atoms with Crippen molar-refractivity contribution in [2.24, 2.45) is 0 Å². The molecule has 0 aliphatic carbocycles. The Kier molecular flexibility index (Phi) is 4.92. The third-order valence-electron chi connectivity index (χ3n) is 6.30. The van der Waals surface area contributed by atoms with Crippen molar-refractivity contribution in [3.63, 3.8) is 0 Å². The maximum atomic E-state index is 12.9. The Morgan fingerprint density at radius 1 is 1.03 bits per heavy atom. The van der Waals surface area contributed by atoms with Crippen LogP contribution < -0.4 is 0 Å². The Morgan fingerprint density at radius 2 is 1.76 bits per heavy atom. The van der Waals surface area contributed by atoms with Gasteiger partial charge in [0.05, 0.1) is 25.3 Å². The van der Waals surface area contributed by atoms with Crippen LogP contribution in [0.5, 0.6) is 0 Å². The first-order chi connectivity index (χ1) is 14.2. The number of aromatic nitrogens is 3. The lowest BCUT2D eigenvalue weighted by atomic mass is 10.1. The molecule has 9 heteroatoms. The number of hydrogen-bond acceptors (Lipinski definition) is 6. The standard InChI is InChI=1S/C20H26N6O3/c27-19-13-18-17(25(19)8-7-23-9-11-29-12-10-23)5-6-24(18)20(28)14-26-21-15-3-1-2-4-16(15)22-26/h1-4,17-18H,5-14H2/t17-,18-/m0/s1. The van der Waals surface area contributed by atoms with Crippen LogP contribution in [-0.2, 0) is 20.9 Å². The molecular formula is C20H26N6O3. The lowest BCUT2D eigenvalue weighted by Gasteiger charge is -2.30. The molecule has 2 amide bonds. The second-order valence-corrected chi connectivity index (χ2v) is 7.97. The van der Waals surface area contributed by atoms with Gasteiger partial charge in [-0.15, -0.1) is 0 Å². The van der Waals surface area contributed by atoms with Crippen molar-refractivity contribution in [1.82, 2.24) is 29.7 Å². The van der Waals surface area contributed by atoms with Crippen molar-refractivity contribution >= 4 is 22.8 Å². The molecule has 0 bridgehead atoms. The van der Waals surface area contributed by atoms with Crippen LogP contribution in [0.15, 0.2) is 24.3 Å². The number of likely N-dealkylation sites (tertiary alicyclic amines) is 2. The van der Waals surface area contributed by atoms with Gasteiger partial charge in [-0.2, -0.15) is 15.0 Å². The number of benzene rings is 1. The zero-order valence-corrected chi connectivity index (χ0v) is 16.4. The van der Waals surface area contributed by atoms with E-state index in [2.05, 4.69) is 15.1 Å². The first kappa shape index (κ1) is 18.5. The molecule has 1 aromatic heterocycles. The van der Waals surface area contributed by atoms with E-state index in [1.54, 1.807) is 0 Å². The fraction of sp³-hybridized carbons (Fsp3) is 0.600. The van der Waals surface area contributed by atoms with Crippen molar-refractivity contribution in [1.29, 1.82) is 0 Å². The molecule has 3 fully saturated rings. The Morgan fingerprint density at radius 3 is 2.48 bits per heavy atom. The highest BCUT2D eigenvalue weighted by atomic mass is 16.5. The van der Waals surface area contributed by atoms with E-state index >= 15 is 0 Å². The van der Waals surface area contributed by atoms with Crippen molar-refractivity contribution in [2.45, 2.75) is 31.5 Å². The molecule has 4 heterocycles. The van der Waals surface area contributed by atoms with Crippen molar-refractivity contribution in [2.75, 3.05) is 45.9 Å². The lowest BCUT2D eigenvalue weighted by Crippen LogP contribution is -2.45. The van der Waals surface area contributed by atoms with Gasteiger partial charge in [-0.3, -0.25) is 14.5 Å². The number of carbonyl (C=O) groups excluding carboxylic acids is 2. The number of hydrogen-bond donors (Lipinski definition) is 0. The molecule has 2 aromatic rings. The smallest absolute Gasteiger partial charge is 0.246 e. The molecule has 3 aliphatic rings. The zero-order valence-electron chi connectivity index (χ0n) is 16.4. The minimum absolute atomic E-state index is 0.0133. The van der Waals surface area contributed by atoms with E-state index in [1.165, 1.54) is 4.80 Å². The van der Waals surface area contributed by atoms with Gasteiger partial charge in [-0.1, -0.05) is 12.1 Å². The van der Waals surface area contributed by atoms with Gasteiger partial charge in [-0.05, 0) is 18.6 Å². The first-order valence-electron chi connectivity index (χ1n) is 10.4. The third-order valence-corrected chi connectivity index (χ3v) is 6.30. The SMILES string of the molecule is O=C1C[C@H]2[C@H](CCN2C(=O)Cn2nc3ccccc3n2)N1CCN1CCOCC1. The van der Waals surface area contributed by atoms with E-state index in [0.717, 1.165) is 56.8 Å². The summed E-state index contributed by atoms with van der Waals surface area (Å²) in [5.74, 6) is 0.148. The summed E-state index contributed by atoms with van der Waals surface area (Å²) in [6, 6.07) is 7.70. The average Bonchev–Trinajstić information content (AvgIpc) is 3.40. The largest absolute Gasteiger partial charge is 0.379 e. The van der Waals surface area contributed by atoms with Crippen LogP contribution in [0.1, 0.15) is 12.8 Å². The summed E-state index contributed by atoms with van der Waals surface area (Å²) in [5.41, 5.74) is 1.56. The monoisotopic (exact) mass is 398 g/mol. The quantitative estimate of drug-likeness (QED) is 0.703. The van der Waals surface area contributed by atoms with E-state index in [4.69, 9.17) is 4.74 Å². The van der Waals surface area contributed by atoms with Gasteiger partial charge in [0.1, 0.15) is 17.6 Å². The molecule has 9 nitrogen and oxygen atoms in total. The summed E-state index contributed by atoms with van der Waals surface area (Å²) in [4.78, 5) is 33.2. The Balaban J connectivity index is 1.21. The molecule has 0 unspecified atom stereocenters. The normalized spacial score (nSPS) is 25.2. The molecule has 0 N–H and O–H groups in total. The van der Waals surface area contributed by atoms with Gasteiger partial charge < -0.3 is 14.5 Å². The molecule has 5 rings (SSSR count). The molecule has 3 aliphatic heterocycles. The lowest BCUT2D eigenvalue weighted by molar-refractivity contribution is -0.133. The number of rotatable bonds is 5. The van der Waals surface area contributed by atoms with E-state index in [1.807, 2.05) is 34.1 Å². The summed E-state index contributed by atoms with van der Waals surface area (Å²) in [6.45, 7) is 5.77. The van der Waals surface area contributed by atoms with Gasteiger partial charge >= 0.3 is 0 Å². The summed E-state index contributed by atoms with van der Waals surface area (Å²) in [7, 11) is 0. The van der Waals surface area contributed by atoms with Crippen LogP contribution in [0.2, 0.25) is 0 Å². The Hall–Kier alpha value is -2.52. The average molecular weight is 398 g/mol. The van der Waals surface area contributed by atoms with Crippen molar-refractivity contribution in [3.05, 3.63) is 24.3 Å². The van der Waals surface area contributed by atoms with E-state index in [0.29, 0.717) is 13.0 Å². The number of carbonyl (C=O) groups is 2. The number of morpholine rings is 1. The van der Waals surface area contributed by atoms with Gasteiger partial charge in [0.15, 0.2) is 0 Å². The van der Waals surface area contributed by atoms with Gasteiger partial charge in [0, 0.05) is 39.1 Å². The highest BCUT2D eigenvalue weighted by molar-refractivity contribution is 5.83. The van der Waals surface area contributed by atoms with Gasteiger partial charge in [-0.25, -0.2) is 0 Å². The second kappa shape index (κ2) is 7.72. The second-order valence-electron chi connectivity index (χ2n) is 7.97. The fourth-order valence-corrected chi connectivity index (χ4v) is 4.79.